The molecular formula is C17H19ClF3N3. The number of rotatable bonds is 6. The number of nitrogens with zero attached hydrogens (tertiary/aromatic N) is 2. The second-order valence-corrected chi connectivity index (χ2v) is 5.76. The van der Waals surface area contributed by atoms with Gasteiger partial charge in [0, 0.05) is 12.1 Å². The van der Waals surface area contributed by atoms with Gasteiger partial charge in [-0.2, -0.15) is 13.2 Å². The summed E-state index contributed by atoms with van der Waals surface area (Å²) in [6.07, 6.45) is -1.93. The monoisotopic (exact) mass is 357 g/mol. The van der Waals surface area contributed by atoms with Gasteiger partial charge in [-0.3, -0.25) is 0 Å². The Hall–Kier alpha value is -1.82. The van der Waals surface area contributed by atoms with E-state index in [0.29, 0.717) is 11.4 Å². The van der Waals surface area contributed by atoms with Gasteiger partial charge in [-0.1, -0.05) is 32.4 Å². The van der Waals surface area contributed by atoms with Crippen molar-refractivity contribution in [2.24, 2.45) is 0 Å². The molecule has 1 N–H and O–H groups in total. The predicted octanol–water partition coefficient (Wildman–Crippen LogP) is 5.28. The smallest absolute Gasteiger partial charge is 0.366 e. The number of benzene rings is 1. The molecule has 0 unspecified atom stereocenters. The summed E-state index contributed by atoms with van der Waals surface area (Å²) >= 11 is 5.97. The molecule has 2 aromatic rings. The zero-order valence-corrected chi connectivity index (χ0v) is 14.3. The van der Waals surface area contributed by atoms with Crippen molar-refractivity contribution in [3.05, 3.63) is 51.9 Å². The Labute approximate surface area is 144 Å². The van der Waals surface area contributed by atoms with Crippen molar-refractivity contribution in [3.8, 4) is 0 Å². The van der Waals surface area contributed by atoms with E-state index in [1.807, 2.05) is 13.8 Å². The number of hydrogen-bond donors (Lipinski definition) is 1. The van der Waals surface area contributed by atoms with Crippen LogP contribution in [0.3, 0.4) is 0 Å². The van der Waals surface area contributed by atoms with E-state index >= 15 is 0 Å². The molecule has 2 rings (SSSR count). The third-order valence-corrected chi connectivity index (χ3v) is 3.79. The molecule has 0 spiro atoms. The number of anilines is 1. The molecule has 0 radical (unpaired) electrons. The van der Waals surface area contributed by atoms with Gasteiger partial charge in [0.2, 0.25) is 5.28 Å². The summed E-state index contributed by atoms with van der Waals surface area (Å²) in [5.74, 6) is 0.582. The van der Waals surface area contributed by atoms with Crippen LogP contribution in [0.1, 0.15) is 42.7 Å². The largest absolute Gasteiger partial charge is 0.416 e. The van der Waals surface area contributed by atoms with E-state index in [2.05, 4.69) is 15.3 Å². The summed E-state index contributed by atoms with van der Waals surface area (Å²) in [4.78, 5) is 8.46. The van der Waals surface area contributed by atoms with Crippen molar-refractivity contribution in [3.63, 3.8) is 0 Å². The van der Waals surface area contributed by atoms with E-state index in [1.54, 1.807) is 6.07 Å². The van der Waals surface area contributed by atoms with E-state index in [0.717, 1.165) is 42.7 Å². The van der Waals surface area contributed by atoms with Gasteiger partial charge >= 0.3 is 6.18 Å². The molecule has 7 heteroatoms. The second kappa shape index (κ2) is 7.83. The number of aromatic nitrogens is 2. The first-order valence-corrected chi connectivity index (χ1v) is 8.18. The molecule has 0 aliphatic carbocycles. The first-order chi connectivity index (χ1) is 11.3. The lowest BCUT2D eigenvalue weighted by atomic mass is 10.1. The van der Waals surface area contributed by atoms with Crippen molar-refractivity contribution in [1.82, 2.24) is 9.97 Å². The molecule has 0 saturated heterocycles. The third-order valence-electron chi connectivity index (χ3n) is 3.62. The molecule has 24 heavy (non-hydrogen) atoms. The standard InChI is InChI=1S/C17H19ClF3N3/c1-3-6-14-13(4-2)15(24-16(18)23-14)22-10-11-7-5-8-12(9-11)17(19,20)21/h5,7-9H,3-4,6,10H2,1-2H3,(H,22,23,24). The number of nitrogens with one attached hydrogen (secondary N) is 1. The summed E-state index contributed by atoms with van der Waals surface area (Å²) < 4.78 is 38.3. The minimum absolute atomic E-state index is 0.141. The Bertz CT molecular complexity index is 702. The van der Waals surface area contributed by atoms with E-state index in [9.17, 15) is 13.2 Å². The molecule has 1 aromatic heterocycles. The highest BCUT2D eigenvalue weighted by molar-refractivity contribution is 6.28. The van der Waals surface area contributed by atoms with Gasteiger partial charge in [0.1, 0.15) is 5.82 Å². The highest BCUT2D eigenvalue weighted by Crippen LogP contribution is 2.30. The van der Waals surface area contributed by atoms with Crippen LogP contribution < -0.4 is 5.32 Å². The second-order valence-electron chi connectivity index (χ2n) is 5.42. The number of aryl methyl sites for hydroxylation is 1. The van der Waals surface area contributed by atoms with Crippen LogP contribution in [0.15, 0.2) is 24.3 Å². The molecule has 1 aromatic carbocycles. The van der Waals surface area contributed by atoms with E-state index in [-0.39, 0.29) is 11.8 Å². The molecule has 130 valence electrons. The van der Waals surface area contributed by atoms with Crippen molar-refractivity contribution < 1.29 is 13.2 Å². The highest BCUT2D eigenvalue weighted by atomic mass is 35.5. The fourth-order valence-electron chi connectivity index (χ4n) is 2.50. The quantitative estimate of drug-likeness (QED) is 0.715. The van der Waals surface area contributed by atoms with E-state index < -0.39 is 11.7 Å². The van der Waals surface area contributed by atoms with Crippen molar-refractivity contribution in [1.29, 1.82) is 0 Å². The Morgan fingerprint density at radius 1 is 1.17 bits per heavy atom. The van der Waals surface area contributed by atoms with Gasteiger partial charge < -0.3 is 5.32 Å². The van der Waals surface area contributed by atoms with Gasteiger partial charge in [0.25, 0.3) is 0 Å². The van der Waals surface area contributed by atoms with E-state index in [4.69, 9.17) is 11.6 Å². The molecule has 0 aliphatic rings. The molecule has 0 fully saturated rings. The van der Waals surface area contributed by atoms with Crippen molar-refractivity contribution >= 4 is 17.4 Å². The maximum atomic E-state index is 12.8. The number of hydrogen-bond acceptors (Lipinski definition) is 3. The summed E-state index contributed by atoms with van der Waals surface area (Å²) in [5, 5.41) is 3.24. The average molecular weight is 358 g/mol. The zero-order valence-electron chi connectivity index (χ0n) is 13.5. The molecule has 0 aliphatic heterocycles. The fraction of sp³-hybridized carbons (Fsp3) is 0.412. The van der Waals surface area contributed by atoms with Gasteiger partial charge in [-0.25, -0.2) is 9.97 Å². The predicted molar refractivity (Wildman–Crippen MR) is 89.2 cm³/mol. The van der Waals surface area contributed by atoms with Gasteiger partial charge in [-0.05, 0) is 42.1 Å². The molecule has 0 bridgehead atoms. The number of alkyl halides is 3. The molecule has 3 nitrogen and oxygen atoms in total. The van der Waals surface area contributed by atoms with Crippen LogP contribution in [0.2, 0.25) is 5.28 Å². The number of halogens is 4. The maximum Gasteiger partial charge on any atom is 0.416 e. The fourth-order valence-corrected chi connectivity index (χ4v) is 2.69. The SMILES string of the molecule is CCCc1nc(Cl)nc(NCc2cccc(C(F)(F)F)c2)c1CC. The van der Waals surface area contributed by atoms with Gasteiger partial charge in [-0.15, -0.1) is 0 Å². The minimum Gasteiger partial charge on any atom is -0.366 e. The highest BCUT2D eigenvalue weighted by Gasteiger charge is 2.30. The van der Waals surface area contributed by atoms with Crippen LogP contribution in [0.5, 0.6) is 0 Å². The third kappa shape index (κ3) is 4.60. The Morgan fingerprint density at radius 3 is 2.54 bits per heavy atom. The van der Waals surface area contributed by atoms with Crippen molar-refractivity contribution in [2.45, 2.75) is 45.8 Å². The Morgan fingerprint density at radius 2 is 1.92 bits per heavy atom. The van der Waals surface area contributed by atoms with Crippen LogP contribution in [-0.4, -0.2) is 9.97 Å². The van der Waals surface area contributed by atoms with Crippen LogP contribution in [0.4, 0.5) is 19.0 Å². The lowest BCUT2D eigenvalue weighted by Gasteiger charge is -2.14. The Kier molecular flexibility index (Phi) is 6.04. The first kappa shape index (κ1) is 18.5. The van der Waals surface area contributed by atoms with Gasteiger partial charge in [0.15, 0.2) is 0 Å². The minimum atomic E-state index is -4.35. The maximum absolute atomic E-state index is 12.8. The molecule has 0 amide bonds. The molecule has 0 saturated carbocycles. The first-order valence-electron chi connectivity index (χ1n) is 7.80. The summed E-state index contributed by atoms with van der Waals surface area (Å²) in [7, 11) is 0. The molecular weight excluding hydrogens is 339 g/mol. The summed E-state index contributed by atoms with van der Waals surface area (Å²) in [5.41, 5.74) is 1.70. The zero-order chi connectivity index (χ0) is 17.7. The van der Waals surface area contributed by atoms with E-state index in [1.165, 1.54) is 6.07 Å². The van der Waals surface area contributed by atoms with Crippen LogP contribution >= 0.6 is 11.6 Å². The van der Waals surface area contributed by atoms with Crippen LogP contribution in [-0.2, 0) is 25.6 Å². The van der Waals surface area contributed by atoms with Crippen molar-refractivity contribution in [2.75, 3.05) is 5.32 Å². The summed E-state index contributed by atoms with van der Waals surface area (Å²) in [6.45, 7) is 4.27. The topological polar surface area (TPSA) is 37.8 Å². The van der Waals surface area contributed by atoms with Gasteiger partial charge in [0.05, 0.1) is 11.3 Å². The molecule has 1 heterocycles. The Balaban J connectivity index is 2.23. The summed E-state index contributed by atoms with van der Waals surface area (Å²) in [6, 6.07) is 5.23. The average Bonchev–Trinajstić information content (AvgIpc) is 2.52. The van der Waals surface area contributed by atoms with Crippen LogP contribution in [0, 0.1) is 0 Å². The lowest BCUT2D eigenvalue weighted by molar-refractivity contribution is -0.137. The normalized spacial score (nSPS) is 11.6. The van der Waals surface area contributed by atoms with Crippen LogP contribution in [0.25, 0.3) is 0 Å². The molecule has 0 atom stereocenters. The lowest BCUT2D eigenvalue weighted by Crippen LogP contribution is -2.10.